The molecule has 0 saturated carbocycles. The molecular weight excluding hydrogens is 402 g/mol. The molecule has 1 heterocycles. The maximum absolute atomic E-state index is 12.3. The second-order valence-corrected chi connectivity index (χ2v) is 9.17. The van der Waals surface area contributed by atoms with Gasteiger partial charge in [-0.3, -0.25) is 9.69 Å². The zero-order valence-corrected chi connectivity index (χ0v) is 18.1. The van der Waals surface area contributed by atoms with Crippen molar-refractivity contribution in [2.75, 3.05) is 26.7 Å². The van der Waals surface area contributed by atoms with Gasteiger partial charge in [0.05, 0.1) is 12.0 Å². The van der Waals surface area contributed by atoms with E-state index in [0.29, 0.717) is 12.3 Å². The van der Waals surface area contributed by atoms with Crippen LogP contribution in [0.15, 0.2) is 53.4 Å². The average molecular weight is 432 g/mol. The van der Waals surface area contributed by atoms with E-state index in [4.69, 9.17) is 4.74 Å². The Bertz CT molecular complexity index is 922. The Morgan fingerprint density at radius 1 is 1.00 bits per heavy atom. The number of methoxy groups -OCH3 is 1. The highest BCUT2D eigenvalue weighted by atomic mass is 32.2. The van der Waals surface area contributed by atoms with Gasteiger partial charge < -0.3 is 10.1 Å². The van der Waals surface area contributed by atoms with Crippen LogP contribution in [0.3, 0.4) is 0 Å². The summed E-state index contributed by atoms with van der Waals surface area (Å²) < 4.78 is 32.0. The minimum Gasteiger partial charge on any atom is -0.497 e. The van der Waals surface area contributed by atoms with Crippen LogP contribution in [0, 0.1) is 0 Å². The fourth-order valence-electron chi connectivity index (χ4n) is 3.39. The van der Waals surface area contributed by atoms with E-state index < -0.39 is 10.0 Å². The summed E-state index contributed by atoms with van der Waals surface area (Å²) in [6, 6.07) is 14.3. The number of nitrogens with zero attached hydrogens (tertiary/aromatic N) is 1. The van der Waals surface area contributed by atoms with Crippen molar-refractivity contribution >= 4 is 15.9 Å². The molecule has 3 rings (SSSR count). The van der Waals surface area contributed by atoms with Crippen LogP contribution in [0.4, 0.5) is 0 Å². The van der Waals surface area contributed by atoms with Crippen molar-refractivity contribution < 1.29 is 17.9 Å². The Hall–Kier alpha value is -2.42. The van der Waals surface area contributed by atoms with E-state index in [0.717, 1.165) is 12.1 Å². The second kappa shape index (κ2) is 10.6. The van der Waals surface area contributed by atoms with Crippen molar-refractivity contribution in [3.8, 4) is 5.75 Å². The summed E-state index contributed by atoms with van der Waals surface area (Å²) in [6.45, 7) is 3.77. The van der Waals surface area contributed by atoms with Gasteiger partial charge >= 0.3 is 0 Å². The summed E-state index contributed by atoms with van der Waals surface area (Å²) in [5.41, 5.74) is 2.30. The van der Waals surface area contributed by atoms with Crippen LogP contribution in [0.2, 0.25) is 0 Å². The molecule has 7 nitrogen and oxygen atoms in total. The van der Waals surface area contributed by atoms with E-state index >= 15 is 0 Å². The number of nitrogens with one attached hydrogen (secondary N) is 2. The van der Waals surface area contributed by atoms with Crippen LogP contribution in [-0.4, -0.2) is 46.0 Å². The van der Waals surface area contributed by atoms with Gasteiger partial charge in [-0.25, -0.2) is 13.1 Å². The van der Waals surface area contributed by atoms with Crippen LogP contribution in [0.5, 0.6) is 5.75 Å². The molecule has 0 atom stereocenters. The molecular formula is C22H29N3O4S. The Morgan fingerprint density at radius 3 is 2.27 bits per heavy atom. The van der Waals surface area contributed by atoms with Crippen molar-refractivity contribution in [2.45, 2.75) is 37.2 Å². The molecule has 0 unspecified atom stereocenters. The summed E-state index contributed by atoms with van der Waals surface area (Å²) in [4.78, 5) is 14.6. The van der Waals surface area contributed by atoms with E-state index in [1.165, 1.54) is 50.7 Å². The van der Waals surface area contributed by atoms with Crippen molar-refractivity contribution in [1.29, 1.82) is 0 Å². The summed E-state index contributed by atoms with van der Waals surface area (Å²) in [6.07, 6.45) is 2.63. The minimum atomic E-state index is -3.65. The van der Waals surface area contributed by atoms with Gasteiger partial charge in [-0.05, 0) is 61.3 Å². The van der Waals surface area contributed by atoms with Gasteiger partial charge in [-0.15, -0.1) is 0 Å². The van der Waals surface area contributed by atoms with Gasteiger partial charge in [0, 0.05) is 26.1 Å². The number of carbonyl (C=O) groups excluding carboxylic acids is 1. The third-order valence-corrected chi connectivity index (χ3v) is 6.61. The van der Waals surface area contributed by atoms with Gasteiger partial charge in [-0.1, -0.05) is 24.3 Å². The number of sulfonamides is 1. The SMILES string of the molecule is COc1ccc(S(=O)(=O)NCCC(=O)NCc2ccc(CN3CCCC3)cc2)cc1. The molecule has 2 aromatic rings. The van der Waals surface area contributed by atoms with Crippen molar-refractivity contribution in [1.82, 2.24) is 14.9 Å². The Balaban J connectivity index is 1.39. The number of rotatable bonds is 10. The van der Waals surface area contributed by atoms with Gasteiger partial charge in [0.2, 0.25) is 15.9 Å². The molecule has 1 saturated heterocycles. The number of carbonyl (C=O) groups is 1. The van der Waals surface area contributed by atoms with Crippen LogP contribution < -0.4 is 14.8 Å². The monoisotopic (exact) mass is 431 g/mol. The summed E-state index contributed by atoms with van der Waals surface area (Å²) in [7, 11) is -2.14. The lowest BCUT2D eigenvalue weighted by Gasteiger charge is -2.14. The lowest BCUT2D eigenvalue weighted by molar-refractivity contribution is -0.121. The molecule has 0 spiro atoms. The van der Waals surface area contributed by atoms with Gasteiger partial charge in [0.25, 0.3) is 0 Å². The molecule has 0 aromatic heterocycles. The van der Waals surface area contributed by atoms with Crippen LogP contribution >= 0.6 is 0 Å². The highest BCUT2D eigenvalue weighted by molar-refractivity contribution is 7.89. The number of hydrogen-bond donors (Lipinski definition) is 2. The maximum atomic E-state index is 12.3. The maximum Gasteiger partial charge on any atom is 0.240 e. The third-order valence-electron chi connectivity index (χ3n) is 5.13. The van der Waals surface area contributed by atoms with E-state index in [1.807, 2.05) is 12.1 Å². The summed E-state index contributed by atoms with van der Waals surface area (Å²) >= 11 is 0. The first kappa shape index (κ1) is 22.3. The first-order valence-corrected chi connectivity index (χ1v) is 11.7. The number of hydrogen-bond acceptors (Lipinski definition) is 5. The largest absolute Gasteiger partial charge is 0.497 e. The van der Waals surface area contributed by atoms with Crippen molar-refractivity contribution in [3.05, 3.63) is 59.7 Å². The first-order chi connectivity index (χ1) is 14.5. The lowest BCUT2D eigenvalue weighted by Crippen LogP contribution is -2.30. The lowest BCUT2D eigenvalue weighted by atomic mass is 10.1. The fraction of sp³-hybridized carbons (Fsp3) is 0.409. The molecule has 30 heavy (non-hydrogen) atoms. The van der Waals surface area contributed by atoms with Crippen LogP contribution in [0.25, 0.3) is 0 Å². The average Bonchev–Trinajstić information content (AvgIpc) is 3.26. The zero-order valence-electron chi connectivity index (χ0n) is 17.3. The Kier molecular flexibility index (Phi) is 7.84. The van der Waals surface area contributed by atoms with Crippen LogP contribution in [-0.2, 0) is 27.9 Å². The standard InChI is InChI=1S/C22H29N3O4S/c1-29-20-8-10-21(11-9-20)30(27,28)24-13-12-22(26)23-16-18-4-6-19(7-5-18)17-25-14-2-3-15-25/h4-11,24H,2-3,12-17H2,1H3,(H,23,26). The van der Waals surface area contributed by atoms with Crippen LogP contribution in [0.1, 0.15) is 30.4 Å². The number of benzene rings is 2. The smallest absolute Gasteiger partial charge is 0.240 e. The van der Waals surface area contributed by atoms with Crippen molar-refractivity contribution in [3.63, 3.8) is 0 Å². The zero-order chi connectivity index (χ0) is 21.4. The Labute approximate surface area is 178 Å². The second-order valence-electron chi connectivity index (χ2n) is 7.40. The minimum absolute atomic E-state index is 0.0367. The highest BCUT2D eigenvalue weighted by Gasteiger charge is 2.14. The molecule has 2 aromatic carbocycles. The molecule has 1 aliphatic heterocycles. The van der Waals surface area contributed by atoms with E-state index in [1.54, 1.807) is 12.1 Å². The molecule has 1 fully saturated rings. The molecule has 0 aliphatic carbocycles. The fourth-order valence-corrected chi connectivity index (χ4v) is 4.42. The molecule has 0 bridgehead atoms. The molecule has 8 heteroatoms. The molecule has 0 radical (unpaired) electrons. The summed E-state index contributed by atoms with van der Waals surface area (Å²) in [5, 5.41) is 2.83. The van der Waals surface area contributed by atoms with Gasteiger partial charge in [0.15, 0.2) is 0 Å². The predicted molar refractivity (Wildman–Crippen MR) is 116 cm³/mol. The topological polar surface area (TPSA) is 87.7 Å². The van der Waals surface area contributed by atoms with E-state index in [9.17, 15) is 13.2 Å². The number of likely N-dealkylation sites (tertiary alicyclic amines) is 1. The number of ether oxygens (including phenoxy) is 1. The molecule has 1 aliphatic rings. The molecule has 162 valence electrons. The number of amides is 1. The third kappa shape index (κ3) is 6.55. The predicted octanol–water partition coefficient (Wildman–Crippen LogP) is 2.28. The van der Waals surface area contributed by atoms with E-state index in [2.05, 4.69) is 27.1 Å². The van der Waals surface area contributed by atoms with Crippen molar-refractivity contribution in [2.24, 2.45) is 0 Å². The quantitative estimate of drug-likeness (QED) is 0.603. The first-order valence-electron chi connectivity index (χ1n) is 10.2. The van der Waals surface area contributed by atoms with E-state index in [-0.39, 0.29) is 23.8 Å². The summed E-state index contributed by atoms with van der Waals surface area (Å²) in [5.74, 6) is 0.381. The molecule has 1 amide bonds. The Morgan fingerprint density at radius 2 is 1.63 bits per heavy atom. The van der Waals surface area contributed by atoms with Gasteiger partial charge in [0.1, 0.15) is 5.75 Å². The molecule has 2 N–H and O–H groups in total. The van der Waals surface area contributed by atoms with Gasteiger partial charge in [-0.2, -0.15) is 0 Å². The normalized spacial score (nSPS) is 14.6. The highest BCUT2D eigenvalue weighted by Crippen LogP contribution is 2.15.